The summed E-state index contributed by atoms with van der Waals surface area (Å²) in [6.45, 7) is 5.04. The molecule has 0 unspecified atom stereocenters. The lowest BCUT2D eigenvalue weighted by molar-refractivity contribution is 0.347. The lowest BCUT2D eigenvalue weighted by Crippen LogP contribution is -2.26. The summed E-state index contributed by atoms with van der Waals surface area (Å²) in [7, 11) is 0. The molecule has 1 aliphatic rings. The molecule has 0 atom stereocenters. The molecule has 0 amide bonds. The maximum atomic E-state index is 10.5. The fourth-order valence-corrected chi connectivity index (χ4v) is 4.28. The van der Waals surface area contributed by atoms with Gasteiger partial charge in [0, 0.05) is 17.0 Å². The van der Waals surface area contributed by atoms with Gasteiger partial charge in [-0.25, -0.2) is 4.98 Å². The summed E-state index contributed by atoms with van der Waals surface area (Å²) >= 11 is 1.53. The normalized spacial score (nSPS) is 14.3. The highest BCUT2D eigenvalue weighted by atomic mass is 32.1. The first-order chi connectivity index (χ1) is 13.0. The van der Waals surface area contributed by atoms with E-state index in [2.05, 4.69) is 31.2 Å². The summed E-state index contributed by atoms with van der Waals surface area (Å²) in [5.74, 6) is 0.557. The Kier molecular flexibility index (Phi) is 4.54. The third kappa shape index (κ3) is 3.38. The highest BCUT2D eigenvalue weighted by Crippen LogP contribution is 2.35. The summed E-state index contributed by atoms with van der Waals surface area (Å²) in [6, 6.07) is 18.3. The standard InChI is InChI=1S/C22H21N3OS/c1-14-8-10-16(11-9-14)12-25-13-18(26)19(21(25)23)22-24-20(15(2)27-22)17-6-4-3-5-7-17/h3-11,23,26H,12-13H2,1-2H3. The highest BCUT2D eigenvalue weighted by molar-refractivity contribution is 7.13. The summed E-state index contributed by atoms with van der Waals surface area (Å²) in [4.78, 5) is 7.72. The van der Waals surface area contributed by atoms with Gasteiger partial charge in [-0.15, -0.1) is 11.3 Å². The van der Waals surface area contributed by atoms with Gasteiger partial charge in [-0.05, 0) is 19.4 Å². The number of aliphatic hydroxyl groups excluding tert-OH is 1. The van der Waals surface area contributed by atoms with E-state index in [0.29, 0.717) is 29.5 Å². The lowest BCUT2D eigenvalue weighted by Gasteiger charge is -2.18. The average molecular weight is 375 g/mol. The van der Waals surface area contributed by atoms with Gasteiger partial charge in [0.05, 0.1) is 17.8 Å². The summed E-state index contributed by atoms with van der Waals surface area (Å²) < 4.78 is 0. The van der Waals surface area contributed by atoms with Crippen LogP contribution in [0.2, 0.25) is 0 Å². The van der Waals surface area contributed by atoms with E-state index in [-0.39, 0.29) is 5.76 Å². The predicted octanol–water partition coefficient (Wildman–Crippen LogP) is 5.19. The molecule has 0 aliphatic carbocycles. The summed E-state index contributed by atoms with van der Waals surface area (Å²) in [6.07, 6.45) is 0. The Bertz CT molecular complexity index is 1020. The van der Waals surface area contributed by atoms with Crippen LogP contribution in [0.4, 0.5) is 0 Å². The van der Waals surface area contributed by atoms with Crippen LogP contribution in [0.15, 0.2) is 60.4 Å². The lowest BCUT2D eigenvalue weighted by atomic mass is 10.1. The molecule has 5 heteroatoms. The molecule has 1 aliphatic heterocycles. The van der Waals surface area contributed by atoms with Crippen LogP contribution in [0.3, 0.4) is 0 Å². The van der Waals surface area contributed by atoms with Gasteiger partial charge >= 0.3 is 0 Å². The van der Waals surface area contributed by atoms with Crippen LogP contribution in [0, 0.1) is 19.3 Å². The number of benzene rings is 2. The monoisotopic (exact) mass is 375 g/mol. The van der Waals surface area contributed by atoms with Crippen molar-refractivity contribution in [3.05, 3.63) is 81.4 Å². The zero-order valence-electron chi connectivity index (χ0n) is 15.4. The number of amidine groups is 1. The Morgan fingerprint density at radius 3 is 2.48 bits per heavy atom. The number of thiazole rings is 1. The van der Waals surface area contributed by atoms with Crippen molar-refractivity contribution in [2.75, 3.05) is 6.54 Å². The smallest absolute Gasteiger partial charge is 0.135 e. The zero-order valence-corrected chi connectivity index (χ0v) is 16.2. The molecule has 0 fully saturated rings. The van der Waals surface area contributed by atoms with Crippen molar-refractivity contribution in [1.29, 1.82) is 5.41 Å². The SMILES string of the molecule is Cc1ccc(CN2CC(O)=C(c3nc(-c4ccccc4)c(C)s3)C2=N)cc1. The van der Waals surface area contributed by atoms with Crippen LogP contribution in [0.25, 0.3) is 16.8 Å². The Labute approximate surface area is 163 Å². The average Bonchev–Trinajstić information content (AvgIpc) is 3.17. The van der Waals surface area contributed by atoms with Crippen molar-refractivity contribution in [3.63, 3.8) is 0 Å². The second kappa shape index (κ2) is 7.00. The van der Waals surface area contributed by atoms with E-state index in [9.17, 15) is 5.11 Å². The van der Waals surface area contributed by atoms with Gasteiger partial charge in [-0.1, -0.05) is 60.2 Å². The second-order valence-corrected chi connectivity index (χ2v) is 8.00. The molecule has 4 nitrogen and oxygen atoms in total. The number of hydrogen-bond donors (Lipinski definition) is 2. The number of rotatable bonds is 4. The van der Waals surface area contributed by atoms with Crippen LogP contribution in [0.5, 0.6) is 0 Å². The molecule has 4 rings (SSSR count). The Morgan fingerprint density at radius 2 is 1.78 bits per heavy atom. The van der Waals surface area contributed by atoms with Gasteiger partial charge in [0.1, 0.15) is 16.6 Å². The van der Waals surface area contributed by atoms with E-state index in [1.54, 1.807) is 0 Å². The van der Waals surface area contributed by atoms with Gasteiger partial charge < -0.3 is 10.0 Å². The minimum Gasteiger partial charge on any atom is -0.510 e. The quantitative estimate of drug-likeness (QED) is 0.660. The molecule has 1 aromatic heterocycles. The maximum Gasteiger partial charge on any atom is 0.135 e. The van der Waals surface area contributed by atoms with E-state index in [0.717, 1.165) is 21.7 Å². The number of aryl methyl sites for hydroxylation is 2. The minimum absolute atomic E-state index is 0.223. The van der Waals surface area contributed by atoms with Crippen LogP contribution in [-0.2, 0) is 6.54 Å². The van der Waals surface area contributed by atoms with E-state index in [4.69, 9.17) is 10.4 Å². The van der Waals surface area contributed by atoms with E-state index < -0.39 is 0 Å². The van der Waals surface area contributed by atoms with E-state index in [1.165, 1.54) is 16.9 Å². The first kappa shape index (κ1) is 17.5. The van der Waals surface area contributed by atoms with Crippen molar-refractivity contribution in [3.8, 4) is 11.3 Å². The zero-order chi connectivity index (χ0) is 19.0. The summed E-state index contributed by atoms with van der Waals surface area (Å²) in [5.41, 5.74) is 4.86. The molecule has 27 heavy (non-hydrogen) atoms. The molecule has 0 radical (unpaired) electrons. The van der Waals surface area contributed by atoms with Crippen LogP contribution in [-0.4, -0.2) is 27.4 Å². The number of nitrogens with one attached hydrogen (secondary N) is 1. The van der Waals surface area contributed by atoms with Gasteiger partial charge in [-0.3, -0.25) is 5.41 Å². The first-order valence-corrected chi connectivity index (χ1v) is 9.69. The molecule has 0 bridgehead atoms. The second-order valence-electron chi connectivity index (χ2n) is 6.80. The number of nitrogens with zero attached hydrogens (tertiary/aromatic N) is 2. The van der Waals surface area contributed by atoms with E-state index in [1.807, 2.05) is 42.2 Å². The molecule has 3 aromatic rings. The van der Waals surface area contributed by atoms with Crippen LogP contribution < -0.4 is 0 Å². The third-order valence-electron chi connectivity index (χ3n) is 4.73. The number of aliphatic hydroxyl groups is 1. The van der Waals surface area contributed by atoms with Crippen molar-refractivity contribution in [2.24, 2.45) is 0 Å². The Morgan fingerprint density at radius 1 is 1.07 bits per heavy atom. The molecule has 0 saturated heterocycles. The van der Waals surface area contributed by atoms with Crippen molar-refractivity contribution in [2.45, 2.75) is 20.4 Å². The molecule has 2 N–H and O–H groups in total. The molecule has 2 heterocycles. The molecule has 136 valence electrons. The fraction of sp³-hybridized carbons (Fsp3) is 0.182. The van der Waals surface area contributed by atoms with Gasteiger partial charge in [0.15, 0.2) is 0 Å². The third-order valence-corrected chi connectivity index (χ3v) is 5.72. The summed E-state index contributed by atoms with van der Waals surface area (Å²) in [5, 5.41) is 19.8. The topological polar surface area (TPSA) is 60.2 Å². The molecule has 0 saturated carbocycles. The van der Waals surface area contributed by atoms with Crippen molar-refractivity contribution >= 4 is 22.7 Å². The fourth-order valence-electron chi connectivity index (χ4n) is 3.27. The highest BCUT2D eigenvalue weighted by Gasteiger charge is 2.30. The molecule has 2 aromatic carbocycles. The van der Waals surface area contributed by atoms with E-state index >= 15 is 0 Å². The molecule has 0 spiro atoms. The van der Waals surface area contributed by atoms with Crippen molar-refractivity contribution < 1.29 is 5.11 Å². The predicted molar refractivity (Wildman–Crippen MR) is 111 cm³/mol. The number of aromatic nitrogens is 1. The van der Waals surface area contributed by atoms with Gasteiger partial charge in [0.25, 0.3) is 0 Å². The van der Waals surface area contributed by atoms with Crippen LogP contribution >= 0.6 is 11.3 Å². The Balaban J connectivity index is 1.60. The minimum atomic E-state index is 0.223. The van der Waals surface area contributed by atoms with Crippen molar-refractivity contribution in [1.82, 2.24) is 9.88 Å². The van der Waals surface area contributed by atoms with Gasteiger partial charge in [-0.2, -0.15) is 0 Å². The first-order valence-electron chi connectivity index (χ1n) is 8.87. The molecular formula is C22H21N3OS. The van der Waals surface area contributed by atoms with Gasteiger partial charge in [0.2, 0.25) is 0 Å². The molecular weight excluding hydrogens is 354 g/mol. The Hall–Kier alpha value is -2.92. The maximum absolute atomic E-state index is 10.5. The van der Waals surface area contributed by atoms with Crippen LogP contribution in [0.1, 0.15) is 21.0 Å². The largest absolute Gasteiger partial charge is 0.510 e. The number of hydrogen-bond acceptors (Lipinski definition) is 4.